The molecule has 0 saturated carbocycles. The molecule has 2 rings (SSSR count). The monoisotopic (exact) mass is 301 g/mol. The van der Waals surface area contributed by atoms with Crippen LogP contribution in [0.15, 0.2) is 24.3 Å². The number of hydrogen-bond donors (Lipinski definition) is 4. The van der Waals surface area contributed by atoms with E-state index < -0.39 is 42.2 Å². The van der Waals surface area contributed by atoms with Gasteiger partial charge in [-0.25, -0.2) is 0 Å². The van der Waals surface area contributed by atoms with Crippen molar-refractivity contribution in [1.82, 2.24) is 0 Å². The maximum atomic E-state index is 10.5. The molecule has 0 spiro atoms. The van der Waals surface area contributed by atoms with E-state index in [1.807, 2.05) is 0 Å². The number of rotatable bonds is 5. The van der Waals surface area contributed by atoms with E-state index in [2.05, 4.69) is 0 Å². The summed E-state index contributed by atoms with van der Waals surface area (Å²) >= 11 is 0. The van der Waals surface area contributed by atoms with Crippen molar-refractivity contribution in [3.8, 4) is 5.75 Å². The first-order chi connectivity index (χ1) is 9.93. The zero-order valence-electron chi connectivity index (χ0n) is 10.8. The van der Waals surface area contributed by atoms with Gasteiger partial charge in [0.05, 0.1) is 11.5 Å². The third-order valence-corrected chi connectivity index (χ3v) is 3.12. The topological polar surface area (TPSA) is 143 Å². The molecular weight excluding hydrogens is 286 g/mol. The molecule has 4 N–H and O–H groups in total. The van der Waals surface area contributed by atoms with Gasteiger partial charge in [-0.1, -0.05) is 0 Å². The van der Waals surface area contributed by atoms with Crippen LogP contribution < -0.4 is 4.74 Å². The fourth-order valence-corrected chi connectivity index (χ4v) is 1.97. The lowest BCUT2D eigenvalue weighted by molar-refractivity contribution is -0.384. The van der Waals surface area contributed by atoms with Gasteiger partial charge in [0.25, 0.3) is 5.69 Å². The Bertz CT molecular complexity index is 493. The summed E-state index contributed by atoms with van der Waals surface area (Å²) in [7, 11) is 0. The second-order valence-corrected chi connectivity index (χ2v) is 4.57. The highest BCUT2D eigenvalue weighted by Crippen LogP contribution is 2.27. The summed E-state index contributed by atoms with van der Waals surface area (Å²) in [4.78, 5) is 9.95. The molecule has 0 bridgehead atoms. The van der Waals surface area contributed by atoms with E-state index in [4.69, 9.17) is 14.6 Å². The van der Waals surface area contributed by atoms with E-state index in [9.17, 15) is 25.4 Å². The van der Waals surface area contributed by atoms with Crippen LogP contribution in [0.3, 0.4) is 0 Å². The first kappa shape index (κ1) is 15.6. The van der Waals surface area contributed by atoms with Crippen molar-refractivity contribution in [2.24, 2.45) is 0 Å². The minimum Gasteiger partial charge on any atom is -0.462 e. The van der Waals surface area contributed by atoms with E-state index in [-0.39, 0.29) is 11.4 Å². The molecule has 1 aliphatic heterocycles. The van der Waals surface area contributed by atoms with Gasteiger partial charge in [-0.2, -0.15) is 0 Å². The van der Waals surface area contributed by atoms with Crippen molar-refractivity contribution in [2.45, 2.75) is 30.7 Å². The van der Waals surface area contributed by atoms with Crippen molar-refractivity contribution < 1.29 is 34.8 Å². The maximum Gasteiger partial charge on any atom is 0.269 e. The third kappa shape index (κ3) is 3.28. The standard InChI is InChI=1S/C12H15NO8/c14-5-8(15)11-9(16)10(17)12(21-11)20-7-3-1-6(2-4-7)13(18)19/h1-4,8-12,14-17H,5H2/t8-,9+,10+,11-,12-/m0/s1. The fraction of sp³-hybridized carbons (Fsp3) is 0.500. The van der Waals surface area contributed by atoms with E-state index in [1.54, 1.807) is 0 Å². The molecule has 0 radical (unpaired) electrons. The molecule has 1 aliphatic rings. The van der Waals surface area contributed by atoms with Gasteiger partial charge in [-0.05, 0) is 12.1 Å². The highest BCUT2D eigenvalue weighted by molar-refractivity contribution is 5.36. The normalized spacial score (nSPS) is 30.1. The van der Waals surface area contributed by atoms with Crippen LogP contribution in [0.4, 0.5) is 5.69 Å². The van der Waals surface area contributed by atoms with Crippen LogP contribution in [0.5, 0.6) is 5.75 Å². The number of aliphatic hydroxyl groups is 4. The predicted molar refractivity (Wildman–Crippen MR) is 67.5 cm³/mol. The van der Waals surface area contributed by atoms with Crippen molar-refractivity contribution >= 4 is 5.69 Å². The molecule has 0 unspecified atom stereocenters. The maximum absolute atomic E-state index is 10.5. The van der Waals surface area contributed by atoms with Crippen LogP contribution in [0.25, 0.3) is 0 Å². The van der Waals surface area contributed by atoms with E-state index in [1.165, 1.54) is 24.3 Å². The number of aliphatic hydroxyl groups excluding tert-OH is 4. The highest BCUT2D eigenvalue weighted by atomic mass is 16.7. The Hall–Kier alpha value is -1.78. The summed E-state index contributed by atoms with van der Waals surface area (Å²) in [6.45, 7) is -0.640. The van der Waals surface area contributed by atoms with Gasteiger partial charge in [0.1, 0.15) is 30.2 Å². The summed E-state index contributed by atoms with van der Waals surface area (Å²) in [6.07, 6.45) is -6.65. The Labute approximate surface area is 119 Å². The average Bonchev–Trinajstić information content (AvgIpc) is 2.75. The first-order valence-electron chi connectivity index (χ1n) is 6.15. The molecular formula is C12H15NO8. The molecule has 1 fully saturated rings. The van der Waals surface area contributed by atoms with Crippen molar-refractivity contribution in [3.05, 3.63) is 34.4 Å². The lowest BCUT2D eigenvalue weighted by Crippen LogP contribution is -2.40. The molecule has 116 valence electrons. The minimum absolute atomic E-state index is 0.121. The largest absolute Gasteiger partial charge is 0.462 e. The van der Waals surface area contributed by atoms with Crippen molar-refractivity contribution in [2.75, 3.05) is 6.61 Å². The Balaban J connectivity index is 2.04. The first-order valence-corrected chi connectivity index (χ1v) is 6.15. The zero-order valence-corrected chi connectivity index (χ0v) is 10.8. The number of nitrogens with zero attached hydrogens (tertiary/aromatic N) is 1. The van der Waals surface area contributed by atoms with Crippen LogP contribution in [0.2, 0.25) is 0 Å². The van der Waals surface area contributed by atoms with Crippen molar-refractivity contribution in [1.29, 1.82) is 0 Å². The van der Waals surface area contributed by atoms with Crippen LogP contribution in [0, 0.1) is 10.1 Å². The quantitative estimate of drug-likeness (QED) is 0.391. The van der Waals surface area contributed by atoms with Crippen LogP contribution >= 0.6 is 0 Å². The zero-order chi connectivity index (χ0) is 15.6. The number of hydrogen-bond acceptors (Lipinski definition) is 8. The van der Waals surface area contributed by atoms with Gasteiger partial charge >= 0.3 is 0 Å². The van der Waals surface area contributed by atoms with Crippen LogP contribution in [0.1, 0.15) is 0 Å². The summed E-state index contributed by atoms with van der Waals surface area (Å²) in [5, 5.41) is 48.3. The average molecular weight is 301 g/mol. The smallest absolute Gasteiger partial charge is 0.269 e. The Kier molecular flexibility index (Phi) is 4.70. The third-order valence-electron chi connectivity index (χ3n) is 3.12. The molecule has 0 amide bonds. The molecule has 1 aromatic carbocycles. The van der Waals surface area contributed by atoms with Gasteiger partial charge < -0.3 is 29.9 Å². The number of nitro benzene ring substituents is 1. The Morgan fingerprint density at radius 2 is 1.90 bits per heavy atom. The fourth-order valence-electron chi connectivity index (χ4n) is 1.97. The van der Waals surface area contributed by atoms with E-state index in [0.717, 1.165) is 0 Å². The molecule has 21 heavy (non-hydrogen) atoms. The molecule has 5 atom stereocenters. The molecule has 1 saturated heterocycles. The van der Waals surface area contributed by atoms with Gasteiger partial charge in [-0.3, -0.25) is 10.1 Å². The SMILES string of the molecule is O=[N+]([O-])c1ccc(O[C@H]2O[C@@H]([C@@H](O)CO)[C@H](O)[C@H]2O)cc1. The molecule has 9 heteroatoms. The van der Waals surface area contributed by atoms with Crippen LogP contribution in [-0.4, -0.2) is 62.7 Å². The van der Waals surface area contributed by atoms with E-state index >= 15 is 0 Å². The molecule has 0 aromatic heterocycles. The second-order valence-electron chi connectivity index (χ2n) is 4.57. The summed E-state index contributed by atoms with van der Waals surface area (Å²) < 4.78 is 10.4. The lowest BCUT2D eigenvalue weighted by atomic mass is 10.1. The molecule has 0 aliphatic carbocycles. The van der Waals surface area contributed by atoms with Gasteiger partial charge in [-0.15, -0.1) is 0 Å². The summed E-state index contributed by atoms with van der Waals surface area (Å²) in [6, 6.07) is 5.06. The van der Waals surface area contributed by atoms with Crippen molar-refractivity contribution in [3.63, 3.8) is 0 Å². The lowest BCUT2D eigenvalue weighted by Gasteiger charge is -2.18. The predicted octanol–water partition coefficient (Wildman–Crippen LogP) is -1.23. The second kappa shape index (κ2) is 6.33. The summed E-state index contributed by atoms with van der Waals surface area (Å²) in [5.41, 5.74) is -0.121. The molecule has 9 nitrogen and oxygen atoms in total. The van der Waals surface area contributed by atoms with Gasteiger partial charge in [0.2, 0.25) is 6.29 Å². The number of benzene rings is 1. The highest BCUT2D eigenvalue weighted by Gasteiger charge is 2.47. The number of non-ortho nitro benzene ring substituents is 1. The molecule has 1 heterocycles. The number of ether oxygens (including phenoxy) is 2. The Morgan fingerprint density at radius 3 is 2.43 bits per heavy atom. The van der Waals surface area contributed by atoms with Crippen LogP contribution in [-0.2, 0) is 4.74 Å². The number of nitro groups is 1. The van der Waals surface area contributed by atoms with Gasteiger partial charge in [0, 0.05) is 12.1 Å². The van der Waals surface area contributed by atoms with Gasteiger partial charge in [0.15, 0.2) is 0 Å². The minimum atomic E-state index is -1.42. The Morgan fingerprint density at radius 1 is 1.29 bits per heavy atom. The molecule has 1 aromatic rings. The van der Waals surface area contributed by atoms with E-state index in [0.29, 0.717) is 0 Å². The summed E-state index contributed by atoms with van der Waals surface area (Å²) in [5.74, 6) is 0.191.